The molecule has 0 unspecified atom stereocenters. The Morgan fingerprint density at radius 1 is 1.19 bits per heavy atom. The Morgan fingerprint density at radius 3 is 2.57 bits per heavy atom. The number of aryl methyl sites for hydroxylation is 1. The number of unbranched alkanes of at least 4 members (excludes halogenated alkanes) is 1. The second-order valence-corrected chi connectivity index (χ2v) is 10.3. The Balaban J connectivity index is 2.51. The van der Waals surface area contributed by atoms with Gasteiger partial charge in [0.15, 0.2) is 0 Å². The van der Waals surface area contributed by atoms with E-state index in [2.05, 4.69) is 20.0 Å². The fraction of sp³-hybridized carbons (Fsp3) is 0.471. The second-order valence-electron chi connectivity index (χ2n) is 6.14. The van der Waals surface area contributed by atoms with Crippen LogP contribution in [0.2, 0.25) is 19.1 Å². The van der Waals surface area contributed by atoms with Gasteiger partial charge < -0.3 is 4.53 Å². The van der Waals surface area contributed by atoms with Crippen molar-refractivity contribution in [3.63, 3.8) is 0 Å². The quantitative estimate of drug-likeness (QED) is 0.755. The van der Waals surface area contributed by atoms with Gasteiger partial charge in [-0.1, -0.05) is 44.9 Å². The standard InChI is InChI=1S/C17H25NO2Si/c1-5-7-12-21(3,4)20-18-16-11-9-8-10-15(16)13-14(6-2)17(18)19/h8-11,13H,5-7,12H2,1-4H3. The summed E-state index contributed by atoms with van der Waals surface area (Å²) in [6, 6.07) is 11.0. The van der Waals surface area contributed by atoms with Crippen molar-refractivity contribution in [2.45, 2.75) is 52.2 Å². The minimum Gasteiger partial charge on any atom is -0.467 e. The molecule has 0 saturated heterocycles. The van der Waals surface area contributed by atoms with Crippen molar-refractivity contribution in [2.24, 2.45) is 0 Å². The lowest BCUT2D eigenvalue weighted by atomic mass is 10.1. The maximum absolute atomic E-state index is 12.6. The van der Waals surface area contributed by atoms with Crippen LogP contribution in [0.25, 0.3) is 10.9 Å². The molecule has 2 aromatic rings. The number of pyridine rings is 1. The van der Waals surface area contributed by atoms with Crippen LogP contribution in [0.15, 0.2) is 35.1 Å². The van der Waals surface area contributed by atoms with E-state index in [-0.39, 0.29) is 5.56 Å². The minimum absolute atomic E-state index is 0.00623. The summed E-state index contributed by atoms with van der Waals surface area (Å²) in [6.07, 6.45) is 3.04. The molecule has 1 aromatic heterocycles. The van der Waals surface area contributed by atoms with Crippen LogP contribution in [0.3, 0.4) is 0 Å². The molecule has 0 bridgehead atoms. The number of para-hydroxylation sites is 1. The van der Waals surface area contributed by atoms with E-state index in [9.17, 15) is 4.79 Å². The highest BCUT2D eigenvalue weighted by Crippen LogP contribution is 2.17. The molecule has 114 valence electrons. The van der Waals surface area contributed by atoms with Crippen molar-refractivity contribution in [1.82, 2.24) is 4.73 Å². The van der Waals surface area contributed by atoms with E-state index in [1.54, 1.807) is 4.73 Å². The lowest BCUT2D eigenvalue weighted by Gasteiger charge is -2.25. The van der Waals surface area contributed by atoms with Crippen molar-refractivity contribution in [1.29, 1.82) is 0 Å². The number of aromatic nitrogens is 1. The predicted molar refractivity (Wildman–Crippen MR) is 91.4 cm³/mol. The van der Waals surface area contributed by atoms with Gasteiger partial charge in [0.05, 0.1) is 5.52 Å². The fourth-order valence-corrected chi connectivity index (χ4v) is 4.49. The molecule has 4 heteroatoms. The lowest BCUT2D eigenvalue weighted by molar-refractivity contribution is 0.264. The summed E-state index contributed by atoms with van der Waals surface area (Å²) in [5.41, 5.74) is 1.68. The van der Waals surface area contributed by atoms with Gasteiger partial charge in [0, 0.05) is 10.9 Å². The number of hydrogen-bond donors (Lipinski definition) is 0. The Labute approximate surface area is 127 Å². The third kappa shape index (κ3) is 3.56. The van der Waals surface area contributed by atoms with Crippen LogP contribution < -0.4 is 10.1 Å². The molecule has 2 rings (SSSR count). The minimum atomic E-state index is -1.89. The van der Waals surface area contributed by atoms with E-state index >= 15 is 0 Å². The zero-order valence-corrected chi connectivity index (χ0v) is 14.5. The number of benzene rings is 1. The Hall–Kier alpha value is -1.55. The molecule has 0 spiro atoms. The maximum Gasteiger partial charge on any atom is 0.285 e. The Morgan fingerprint density at radius 2 is 1.90 bits per heavy atom. The molecule has 0 aliphatic carbocycles. The van der Waals surface area contributed by atoms with Crippen molar-refractivity contribution >= 4 is 19.2 Å². The Bertz CT molecular complexity index is 676. The summed E-state index contributed by atoms with van der Waals surface area (Å²) in [7, 11) is -1.89. The van der Waals surface area contributed by atoms with E-state index < -0.39 is 8.32 Å². The van der Waals surface area contributed by atoms with E-state index in [0.717, 1.165) is 41.8 Å². The lowest BCUT2D eigenvalue weighted by Crippen LogP contribution is -2.45. The average Bonchev–Trinajstić information content (AvgIpc) is 2.48. The summed E-state index contributed by atoms with van der Waals surface area (Å²) < 4.78 is 7.79. The van der Waals surface area contributed by atoms with Gasteiger partial charge in [-0.2, -0.15) is 4.73 Å². The molecule has 0 amide bonds. The summed E-state index contributed by atoms with van der Waals surface area (Å²) in [5, 5.41) is 1.06. The number of fused-ring (bicyclic) bond motifs is 1. The van der Waals surface area contributed by atoms with Gasteiger partial charge in [-0.15, -0.1) is 0 Å². The molecule has 0 saturated carbocycles. The van der Waals surface area contributed by atoms with Crippen LogP contribution in [-0.2, 0) is 6.42 Å². The van der Waals surface area contributed by atoms with Crippen LogP contribution in [0.4, 0.5) is 0 Å². The average molecular weight is 303 g/mol. The van der Waals surface area contributed by atoms with Gasteiger partial charge in [-0.25, -0.2) is 0 Å². The molecule has 0 aliphatic rings. The zero-order chi connectivity index (χ0) is 15.5. The summed E-state index contributed by atoms with van der Waals surface area (Å²) >= 11 is 0. The molecule has 21 heavy (non-hydrogen) atoms. The first-order valence-corrected chi connectivity index (χ1v) is 10.9. The third-order valence-corrected chi connectivity index (χ3v) is 6.03. The van der Waals surface area contributed by atoms with E-state index in [0.29, 0.717) is 0 Å². The van der Waals surface area contributed by atoms with Crippen LogP contribution in [0.5, 0.6) is 0 Å². The first kappa shape index (κ1) is 15.8. The molecular weight excluding hydrogens is 278 g/mol. The van der Waals surface area contributed by atoms with Gasteiger partial charge in [-0.3, -0.25) is 4.79 Å². The SMILES string of the molecule is CCCC[Si](C)(C)On1c(=O)c(CC)cc2ccccc21. The molecule has 0 atom stereocenters. The number of rotatable bonds is 6. The van der Waals surface area contributed by atoms with Crippen molar-refractivity contribution in [3.8, 4) is 0 Å². The van der Waals surface area contributed by atoms with Crippen molar-refractivity contribution < 1.29 is 4.53 Å². The molecule has 0 N–H and O–H groups in total. The monoisotopic (exact) mass is 303 g/mol. The van der Waals surface area contributed by atoms with Crippen LogP contribution in [0, 0.1) is 0 Å². The highest BCUT2D eigenvalue weighted by atomic mass is 28.4. The highest BCUT2D eigenvalue weighted by molar-refractivity contribution is 6.71. The second kappa shape index (κ2) is 6.48. The van der Waals surface area contributed by atoms with Crippen LogP contribution >= 0.6 is 0 Å². The topological polar surface area (TPSA) is 31.2 Å². The molecule has 0 aliphatic heterocycles. The van der Waals surface area contributed by atoms with Crippen LogP contribution in [0.1, 0.15) is 32.3 Å². The molecule has 1 aromatic carbocycles. The molecular formula is C17H25NO2Si. The first-order chi connectivity index (χ1) is 9.98. The largest absolute Gasteiger partial charge is 0.467 e. The molecule has 0 fully saturated rings. The molecule has 0 radical (unpaired) electrons. The van der Waals surface area contributed by atoms with Crippen molar-refractivity contribution in [2.75, 3.05) is 0 Å². The third-order valence-electron chi connectivity index (χ3n) is 3.80. The van der Waals surface area contributed by atoms with Crippen molar-refractivity contribution in [3.05, 3.63) is 46.2 Å². The normalized spacial score (nSPS) is 11.8. The van der Waals surface area contributed by atoms with Gasteiger partial charge in [-0.05, 0) is 37.7 Å². The predicted octanol–water partition coefficient (Wildman–Crippen LogP) is 4.00. The fourth-order valence-electron chi connectivity index (χ4n) is 2.52. The summed E-state index contributed by atoms with van der Waals surface area (Å²) in [5.74, 6) is 0. The smallest absolute Gasteiger partial charge is 0.285 e. The molecule has 3 nitrogen and oxygen atoms in total. The summed E-state index contributed by atoms with van der Waals surface area (Å²) in [4.78, 5) is 12.6. The van der Waals surface area contributed by atoms with Gasteiger partial charge >= 0.3 is 0 Å². The van der Waals surface area contributed by atoms with E-state index in [1.807, 2.05) is 37.3 Å². The van der Waals surface area contributed by atoms with Gasteiger partial charge in [0.1, 0.15) is 0 Å². The summed E-state index contributed by atoms with van der Waals surface area (Å²) in [6.45, 7) is 8.56. The van der Waals surface area contributed by atoms with Gasteiger partial charge in [0.25, 0.3) is 13.9 Å². The number of nitrogens with zero attached hydrogens (tertiary/aromatic N) is 1. The van der Waals surface area contributed by atoms with Crippen LogP contribution in [-0.4, -0.2) is 13.0 Å². The number of hydrogen-bond acceptors (Lipinski definition) is 2. The Kier molecular flexibility index (Phi) is 4.88. The van der Waals surface area contributed by atoms with Gasteiger partial charge in [0.2, 0.25) is 0 Å². The van der Waals surface area contributed by atoms with E-state index in [4.69, 9.17) is 4.53 Å². The first-order valence-electron chi connectivity index (χ1n) is 7.81. The van der Waals surface area contributed by atoms with E-state index in [1.165, 1.54) is 0 Å². The maximum atomic E-state index is 12.6. The molecule has 1 heterocycles. The zero-order valence-electron chi connectivity index (χ0n) is 13.5. The highest BCUT2D eigenvalue weighted by Gasteiger charge is 2.26.